The Morgan fingerprint density at radius 3 is 2.53 bits per heavy atom. The Hall–Kier alpha value is -1.10. The van der Waals surface area contributed by atoms with Gasteiger partial charge < -0.3 is 20.2 Å². The van der Waals surface area contributed by atoms with Gasteiger partial charge in [0.2, 0.25) is 0 Å². The molecule has 0 spiro atoms. The second-order valence-corrected chi connectivity index (χ2v) is 4.48. The number of anilines is 1. The zero-order valence-corrected chi connectivity index (χ0v) is 9.79. The third-order valence-electron chi connectivity index (χ3n) is 3.23. The first kappa shape index (κ1) is 12.4. The molecule has 3 N–H and O–H groups in total. The molecule has 1 fully saturated rings. The van der Waals surface area contributed by atoms with E-state index in [1.165, 1.54) is 12.8 Å². The summed E-state index contributed by atoms with van der Waals surface area (Å²) >= 11 is 0. The molecule has 2 atom stereocenters. The lowest BCUT2D eigenvalue weighted by Crippen LogP contribution is -2.23. The maximum Gasteiger partial charge on any atom is 0.107 e. The van der Waals surface area contributed by atoms with Crippen molar-refractivity contribution in [3.8, 4) is 0 Å². The zero-order chi connectivity index (χ0) is 12.3. The number of hydrogen-bond donors (Lipinski definition) is 3. The average molecular weight is 237 g/mol. The van der Waals surface area contributed by atoms with E-state index in [2.05, 4.69) is 4.90 Å². The van der Waals surface area contributed by atoms with Crippen LogP contribution < -0.4 is 4.90 Å². The second kappa shape index (κ2) is 5.49. The highest BCUT2D eigenvalue weighted by molar-refractivity contribution is 5.49. The number of rotatable bonds is 4. The molecule has 1 aliphatic heterocycles. The van der Waals surface area contributed by atoms with Crippen LogP contribution in [0.2, 0.25) is 0 Å². The summed E-state index contributed by atoms with van der Waals surface area (Å²) in [7, 11) is 0. The predicted molar refractivity (Wildman–Crippen MR) is 65.9 cm³/mol. The third kappa shape index (κ3) is 2.77. The van der Waals surface area contributed by atoms with Crippen molar-refractivity contribution in [1.29, 1.82) is 0 Å². The highest BCUT2D eigenvalue weighted by Gasteiger charge is 2.19. The largest absolute Gasteiger partial charge is 0.394 e. The van der Waals surface area contributed by atoms with Gasteiger partial charge in [0.15, 0.2) is 0 Å². The number of hydrogen-bond acceptors (Lipinski definition) is 4. The van der Waals surface area contributed by atoms with E-state index in [0.717, 1.165) is 18.8 Å². The van der Waals surface area contributed by atoms with Gasteiger partial charge >= 0.3 is 0 Å². The van der Waals surface area contributed by atoms with Crippen LogP contribution in [-0.2, 0) is 0 Å². The first-order valence-corrected chi connectivity index (χ1v) is 6.04. The molecular weight excluding hydrogens is 218 g/mol. The maximum atomic E-state index is 9.83. The Labute approximate surface area is 101 Å². The molecule has 94 valence electrons. The summed E-state index contributed by atoms with van der Waals surface area (Å²) in [5.41, 5.74) is 1.72. The Morgan fingerprint density at radius 1 is 1.18 bits per heavy atom. The van der Waals surface area contributed by atoms with E-state index in [-0.39, 0.29) is 0 Å². The molecule has 0 aliphatic carbocycles. The molecule has 2 rings (SSSR count). The van der Waals surface area contributed by atoms with Crippen molar-refractivity contribution in [1.82, 2.24) is 0 Å². The first-order chi connectivity index (χ1) is 8.22. The van der Waals surface area contributed by atoms with E-state index in [9.17, 15) is 10.2 Å². The monoisotopic (exact) mass is 237 g/mol. The normalized spacial score (nSPS) is 19.4. The fraction of sp³-hybridized carbons (Fsp3) is 0.538. The summed E-state index contributed by atoms with van der Waals surface area (Å²) in [4.78, 5) is 2.27. The topological polar surface area (TPSA) is 63.9 Å². The molecule has 0 saturated carbocycles. The predicted octanol–water partition coefficient (Wildman–Crippen LogP) is 0.673. The van der Waals surface area contributed by atoms with Crippen LogP contribution in [0.1, 0.15) is 24.5 Å². The van der Waals surface area contributed by atoms with Crippen molar-refractivity contribution in [2.24, 2.45) is 0 Å². The average Bonchev–Trinajstić information content (AvgIpc) is 2.91. The summed E-state index contributed by atoms with van der Waals surface area (Å²) in [5, 5.41) is 28.1. The molecule has 17 heavy (non-hydrogen) atoms. The quantitative estimate of drug-likeness (QED) is 0.720. The van der Waals surface area contributed by atoms with Crippen LogP contribution in [0.25, 0.3) is 0 Å². The number of benzene rings is 1. The van der Waals surface area contributed by atoms with Gasteiger partial charge in [0, 0.05) is 18.8 Å². The minimum atomic E-state index is -1.12. The van der Waals surface area contributed by atoms with Gasteiger partial charge in [-0.15, -0.1) is 0 Å². The Morgan fingerprint density at radius 2 is 1.88 bits per heavy atom. The van der Waals surface area contributed by atoms with Crippen LogP contribution >= 0.6 is 0 Å². The van der Waals surface area contributed by atoms with Gasteiger partial charge in [-0.1, -0.05) is 12.1 Å². The van der Waals surface area contributed by atoms with Crippen molar-refractivity contribution in [2.75, 3.05) is 24.6 Å². The standard InChI is InChI=1S/C13H19NO3/c15-9-12(16)13(17)10-4-3-5-11(8-10)14-6-1-2-7-14/h3-5,8,12-13,15-17H,1-2,6-7,9H2. The summed E-state index contributed by atoms with van der Waals surface area (Å²) in [6.07, 6.45) is 0.254. The van der Waals surface area contributed by atoms with Gasteiger partial charge in [0.25, 0.3) is 0 Å². The molecule has 0 aromatic heterocycles. The number of aliphatic hydroxyl groups is 3. The van der Waals surface area contributed by atoms with Crippen LogP contribution in [0.15, 0.2) is 24.3 Å². The molecule has 0 radical (unpaired) electrons. The van der Waals surface area contributed by atoms with Crippen molar-refractivity contribution in [2.45, 2.75) is 25.0 Å². The van der Waals surface area contributed by atoms with Crippen LogP contribution in [0.4, 0.5) is 5.69 Å². The highest BCUT2D eigenvalue weighted by Crippen LogP contribution is 2.25. The lowest BCUT2D eigenvalue weighted by molar-refractivity contribution is -0.0152. The minimum Gasteiger partial charge on any atom is -0.394 e. The van der Waals surface area contributed by atoms with E-state index in [1.54, 1.807) is 6.07 Å². The van der Waals surface area contributed by atoms with Crippen molar-refractivity contribution >= 4 is 5.69 Å². The first-order valence-electron chi connectivity index (χ1n) is 6.04. The second-order valence-electron chi connectivity index (χ2n) is 4.48. The molecule has 1 aliphatic rings. The molecular formula is C13H19NO3. The highest BCUT2D eigenvalue weighted by atomic mass is 16.4. The fourth-order valence-corrected chi connectivity index (χ4v) is 2.20. The Kier molecular flexibility index (Phi) is 3.99. The molecule has 0 amide bonds. The molecule has 1 aromatic carbocycles. The fourth-order valence-electron chi connectivity index (χ4n) is 2.20. The molecule has 1 heterocycles. The van der Waals surface area contributed by atoms with E-state index in [0.29, 0.717) is 5.56 Å². The van der Waals surface area contributed by atoms with E-state index >= 15 is 0 Å². The van der Waals surface area contributed by atoms with Crippen molar-refractivity contribution in [3.63, 3.8) is 0 Å². The van der Waals surface area contributed by atoms with Crippen LogP contribution in [0.5, 0.6) is 0 Å². The maximum absolute atomic E-state index is 9.83. The molecule has 1 aromatic rings. The van der Waals surface area contributed by atoms with Crippen molar-refractivity contribution in [3.05, 3.63) is 29.8 Å². The van der Waals surface area contributed by atoms with Crippen LogP contribution in [0.3, 0.4) is 0 Å². The van der Waals surface area contributed by atoms with Crippen LogP contribution in [0, 0.1) is 0 Å². The summed E-state index contributed by atoms with van der Waals surface area (Å²) < 4.78 is 0. The lowest BCUT2D eigenvalue weighted by Gasteiger charge is -2.21. The Bertz CT molecular complexity index is 363. The van der Waals surface area contributed by atoms with Gasteiger partial charge in [-0.3, -0.25) is 0 Å². The van der Waals surface area contributed by atoms with Gasteiger partial charge in [-0.2, -0.15) is 0 Å². The SMILES string of the molecule is OCC(O)C(O)c1cccc(N2CCCC2)c1. The smallest absolute Gasteiger partial charge is 0.107 e. The third-order valence-corrected chi connectivity index (χ3v) is 3.23. The van der Waals surface area contributed by atoms with Gasteiger partial charge in [-0.05, 0) is 30.5 Å². The summed E-state index contributed by atoms with van der Waals surface area (Å²) in [6.45, 7) is 1.65. The summed E-state index contributed by atoms with van der Waals surface area (Å²) in [5.74, 6) is 0. The Balaban J connectivity index is 2.15. The van der Waals surface area contributed by atoms with E-state index in [1.807, 2.05) is 18.2 Å². The molecule has 4 heteroatoms. The zero-order valence-electron chi connectivity index (χ0n) is 9.79. The van der Waals surface area contributed by atoms with E-state index < -0.39 is 18.8 Å². The van der Waals surface area contributed by atoms with Gasteiger partial charge in [0.05, 0.1) is 6.61 Å². The number of aliphatic hydroxyl groups excluding tert-OH is 3. The lowest BCUT2D eigenvalue weighted by atomic mass is 10.0. The molecule has 2 unspecified atom stereocenters. The molecule has 4 nitrogen and oxygen atoms in total. The van der Waals surface area contributed by atoms with Crippen LogP contribution in [-0.4, -0.2) is 41.1 Å². The minimum absolute atomic E-state index is 0.435. The van der Waals surface area contributed by atoms with Gasteiger partial charge in [-0.25, -0.2) is 0 Å². The molecule has 0 bridgehead atoms. The number of nitrogens with zero attached hydrogens (tertiary/aromatic N) is 1. The molecule has 1 saturated heterocycles. The summed E-state index contributed by atoms with van der Waals surface area (Å²) in [6, 6.07) is 7.53. The van der Waals surface area contributed by atoms with Gasteiger partial charge in [0.1, 0.15) is 12.2 Å². The van der Waals surface area contributed by atoms with E-state index in [4.69, 9.17) is 5.11 Å². The van der Waals surface area contributed by atoms with Crippen molar-refractivity contribution < 1.29 is 15.3 Å².